The molecule has 0 heterocycles. The number of hydrogen-bond donors (Lipinski definition) is 1. The van der Waals surface area contributed by atoms with Gasteiger partial charge in [0.05, 0.1) is 5.69 Å². The van der Waals surface area contributed by atoms with Crippen molar-refractivity contribution >= 4 is 17.6 Å². The van der Waals surface area contributed by atoms with Crippen molar-refractivity contribution in [2.45, 2.75) is 39.6 Å². The van der Waals surface area contributed by atoms with Gasteiger partial charge in [-0.1, -0.05) is 29.8 Å². The number of carbonyl (C=O) groups is 2. The molecule has 0 aliphatic rings. The van der Waals surface area contributed by atoms with E-state index in [-0.39, 0.29) is 11.4 Å². The van der Waals surface area contributed by atoms with E-state index in [1.165, 1.54) is 32.0 Å². The summed E-state index contributed by atoms with van der Waals surface area (Å²) < 4.78 is 39.8. The second kappa shape index (κ2) is 9.68. The minimum Gasteiger partial charge on any atom is -0.479 e. The summed E-state index contributed by atoms with van der Waals surface area (Å²) in [5, 5.41) is 2.40. The lowest BCUT2D eigenvalue weighted by atomic mass is 10.2. The van der Waals surface area contributed by atoms with E-state index >= 15 is 0 Å². The van der Waals surface area contributed by atoms with Crippen LogP contribution in [0.25, 0.3) is 0 Å². The summed E-state index contributed by atoms with van der Waals surface area (Å²) in [5.74, 6) is -1.13. The number of anilines is 1. The molecule has 6 nitrogen and oxygen atoms in total. The monoisotopic (exact) mass is 393 g/mol. The summed E-state index contributed by atoms with van der Waals surface area (Å²) in [6, 6.07) is 12.8. The van der Waals surface area contributed by atoms with Crippen molar-refractivity contribution in [1.82, 2.24) is 0 Å². The first-order valence-electron chi connectivity index (χ1n) is 8.54. The Hall–Kier alpha value is -3.16. The molecule has 0 spiro atoms. The third-order valence-corrected chi connectivity index (χ3v) is 3.69. The first kappa shape index (κ1) is 21.1. The third kappa shape index (κ3) is 6.22. The minimum absolute atomic E-state index is 0.0413. The Morgan fingerprint density at radius 1 is 0.929 bits per heavy atom. The summed E-state index contributed by atoms with van der Waals surface area (Å²) in [7, 11) is 0. The highest BCUT2D eigenvalue weighted by atomic mass is 19.3. The quantitative estimate of drug-likeness (QED) is 0.688. The van der Waals surface area contributed by atoms with Crippen LogP contribution in [0.1, 0.15) is 19.4 Å². The van der Waals surface area contributed by atoms with Gasteiger partial charge >= 0.3 is 12.6 Å². The molecule has 150 valence electrons. The number of halogens is 2. The molecule has 1 amide bonds. The fraction of sp³-hybridized carbons (Fsp3) is 0.300. The summed E-state index contributed by atoms with van der Waals surface area (Å²) in [6.07, 6.45) is -2.11. The molecule has 0 saturated heterocycles. The minimum atomic E-state index is -3.03. The van der Waals surface area contributed by atoms with E-state index in [4.69, 9.17) is 9.47 Å². The number of aryl methyl sites for hydroxylation is 1. The molecule has 2 rings (SSSR count). The number of esters is 1. The van der Waals surface area contributed by atoms with E-state index in [0.717, 1.165) is 5.56 Å². The van der Waals surface area contributed by atoms with E-state index in [1.54, 1.807) is 18.2 Å². The topological polar surface area (TPSA) is 73.9 Å². The molecule has 2 aromatic carbocycles. The number of hydrogen-bond acceptors (Lipinski definition) is 5. The fourth-order valence-corrected chi connectivity index (χ4v) is 2.20. The smallest absolute Gasteiger partial charge is 0.387 e. The van der Waals surface area contributed by atoms with E-state index in [0.29, 0.717) is 5.75 Å². The summed E-state index contributed by atoms with van der Waals surface area (Å²) in [4.78, 5) is 24.4. The maximum Gasteiger partial charge on any atom is 0.387 e. The van der Waals surface area contributed by atoms with Crippen LogP contribution in [0.3, 0.4) is 0 Å². The van der Waals surface area contributed by atoms with Gasteiger partial charge in [0.2, 0.25) is 0 Å². The SMILES string of the molecule is Cc1ccc(OC(C)C(=O)OC(C)C(=O)Nc2ccccc2OC(F)F)cc1. The van der Waals surface area contributed by atoms with Crippen LogP contribution in [0.5, 0.6) is 11.5 Å². The summed E-state index contributed by atoms with van der Waals surface area (Å²) in [5.41, 5.74) is 1.09. The Balaban J connectivity index is 1.92. The molecule has 0 aliphatic heterocycles. The number of nitrogens with one attached hydrogen (secondary N) is 1. The standard InChI is InChI=1S/C20H21F2NO5/c1-12-8-10-15(11-9-12)26-14(3)19(25)27-13(2)18(24)23-16-6-4-5-7-17(16)28-20(21)22/h4-11,13-14,20H,1-3H3,(H,23,24). The third-order valence-electron chi connectivity index (χ3n) is 3.69. The zero-order chi connectivity index (χ0) is 20.7. The lowest BCUT2D eigenvalue weighted by Crippen LogP contribution is -2.35. The second-order valence-electron chi connectivity index (χ2n) is 6.02. The van der Waals surface area contributed by atoms with Gasteiger partial charge in [-0.25, -0.2) is 4.79 Å². The van der Waals surface area contributed by atoms with Crippen LogP contribution in [0.2, 0.25) is 0 Å². The predicted octanol–water partition coefficient (Wildman–Crippen LogP) is 3.93. The summed E-state index contributed by atoms with van der Waals surface area (Å²) >= 11 is 0. The molecule has 1 N–H and O–H groups in total. The zero-order valence-corrected chi connectivity index (χ0v) is 15.6. The number of benzene rings is 2. The van der Waals surface area contributed by atoms with Gasteiger partial charge in [-0.3, -0.25) is 4.79 Å². The molecule has 2 aromatic rings. The van der Waals surface area contributed by atoms with E-state index in [1.807, 2.05) is 19.1 Å². The van der Waals surface area contributed by atoms with Crippen molar-refractivity contribution in [3.63, 3.8) is 0 Å². The Morgan fingerprint density at radius 2 is 1.57 bits per heavy atom. The Morgan fingerprint density at radius 3 is 2.21 bits per heavy atom. The molecule has 0 radical (unpaired) electrons. The summed E-state index contributed by atoms with van der Waals surface area (Å²) in [6.45, 7) is 1.75. The predicted molar refractivity (Wildman–Crippen MR) is 98.5 cm³/mol. The molecule has 2 unspecified atom stereocenters. The number of amides is 1. The van der Waals surface area contributed by atoms with Gasteiger partial charge in [-0.2, -0.15) is 8.78 Å². The molecule has 0 bridgehead atoms. The lowest BCUT2D eigenvalue weighted by Gasteiger charge is -2.18. The Kier molecular flexibility index (Phi) is 7.31. The molecule has 8 heteroatoms. The van der Waals surface area contributed by atoms with Crippen molar-refractivity contribution in [2.24, 2.45) is 0 Å². The molecule has 2 atom stereocenters. The number of carbonyl (C=O) groups excluding carboxylic acids is 2. The number of para-hydroxylation sites is 2. The van der Waals surface area contributed by atoms with Crippen LogP contribution in [-0.2, 0) is 14.3 Å². The van der Waals surface area contributed by atoms with Gasteiger partial charge in [-0.15, -0.1) is 0 Å². The van der Waals surface area contributed by atoms with Crippen LogP contribution in [0.4, 0.5) is 14.5 Å². The average molecular weight is 393 g/mol. The van der Waals surface area contributed by atoms with Gasteiger partial charge < -0.3 is 19.5 Å². The largest absolute Gasteiger partial charge is 0.479 e. The second-order valence-corrected chi connectivity index (χ2v) is 6.02. The molecular weight excluding hydrogens is 372 g/mol. The van der Waals surface area contributed by atoms with Gasteiger partial charge in [-0.05, 0) is 45.0 Å². The highest BCUT2D eigenvalue weighted by Crippen LogP contribution is 2.25. The van der Waals surface area contributed by atoms with Gasteiger partial charge in [0.15, 0.2) is 12.2 Å². The number of ether oxygens (including phenoxy) is 3. The van der Waals surface area contributed by atoms with Crippen molar-refractivity contribution < 1.29 is 32.6 Å². The van der Waals surface area contributed by atoms with Gasteiger partial charge in [0.25, 0.3) is 5.91 Å². The zero-order valence-electron chi connectivity index (χ0n) is 15.6. The first-order chi connectivity index (χ1) is 13.3. The molecule has 0 aliphatic carbocycles. The van der Waals surface area contributed by atoms with Crippen molar-refractivity contribution in [3.8, 4) is 11.5 Å². The van der Waals surface area contributed by atoms with Crippen molar-refractivity contribution in [2.75, 3.05) is 5.32 Å². The van der Waals surface area contributed by atoms with Crippen LogP contribution in [0.15, 0.2) is 48.5 Å². The van der Waals surface area contributed by atoms with Crippen LogP contribution < -0.4 is 14.8 Å². The maximum atomic E-state index is 12.4. The first-order valence-corrected chi connectivity index (χ1v) is 8.54. The van der Waals surface area contributed by atoms with Gasteiger partial charge in [0.1, 0.15) is 11.5 Å². The molecule has 0 saturated carbocycles. The lowest BCUT2D eigenvalue weighted by molar-refractivity contribution is -0.159. The molecule has 0 fully saturated rings. The highest BCUT2D eigenvalue weighted by Gasteiger charge is 2.24. The average Bonchev–Trinajstić information content (AvgIpc) is 2.64. The van der Waals surface area contributed by atoms with E-state index in [9.17, 15) is 18.4 Å². The van der Waals surface area contributed by atoms with Crippen molar-refractivity contribution in [3.05, 3.63) is 54.1 Å². The van der Waals surface area contributed by atoms with Gasteiger partial charge in [0, 0.05) is 0 Å². The number of alkyl halides is 2. The van der Waals surface area contributed by atoms with Crippen LogP contribution in [-0.4, -0.2) is 30.7 Å². The normalized spacial score (nSPS) is 12.8. The highest BCUT2D eigenvalue weighted by molar-refractivity contribution is 5.96. The van der Waals surface area contributed by atoms with E-state index < -0.39 is 30.7 Å². The molecular formula is C20H21F2NO5. The van der Waals surface area contributed by atoms with Crippen LogP contribution >= 0.6 is 0 Å². The Labute approximate surface area is 161 Å². The number of rotatable bonds is 8. The van der Waals surface area contributed by atoms with Crippen LogP contribution in [0, 0.1) is 6.92 Å². The Bertz CT molecular complexity index is 810. The molecule has 0 aromatic heterocycles. The maximum absolute atomic E-state index is 12.4. The fourth-order valence-electron chi connectivity index (χ4n) is 2.20. The van der Waals surface area contributed by atoms with Crippen molar-refractivity contribution in [1.29, 1.82) is 0 Å². The molecule has 28 heavy (non-hydrogen) atoms. The van der Waals surface area contributed by atoms with E-state index in [2.05, 4.69) is 10.1 Å².